The Balaban J connectivity index is 2.49. The van der Waals surface area contributed by atoms with E-state index in [0.29, 0.717) is 23.9 Å². The average molecular weight is 318 g/mol. The van der Waals surface area contributed by atoms with Crippen molar-refractivity contribution in [2.45, 2.75) is 26.4 Å². The van der Waals surface area contributed by atoms with E-state index in [1.807, 2.05) is 6.92 Å². The summed E-state index contributed by atoms with van der Waals surface area (Å²) in [4.78, 5) is 4.27. The van der Waals surface area contributed by atoms with Crippen molar-refractivity contribution in [1.29, 1.82) is 0 Å². The van der Waals surface area contributed by atoms with Crippen LogP contribution in [0.4, 0.5) is 19.1 Å². The number of halogens is 4. The number of hydrogen-bond acceptors (Lipinski definition) is 2. The summed E-state index contributed by atoms with van der Waals surface area (Å²) in [6.45, 7) is 4.46. The van der Waals surface area contributed by atoms with Crippen LogP contribution in [0, 0.1) is 6.92 Å². The second-order valence-electron chi connectivity index (χ2n) is 4.70. The molecule has 0 atom stereocenters. The predicted molar refractivity (Wildman–Crippen MR) is 77.1 cm³/mol. The zero-order valence-corrected chi connectivity index (χ0v) is 12.4. The molecule has 2 aromatic rings. The SMILES string of the molecule is CCCNc1nc(C)cn1-c1cc(Cl)cc(C(F)(F)F)c1. The third kappa shape index (κ3) is 3.69. The van der Waals surface area contributed by atoms with Crippen molar-refractivity contribution in [1.82, 2.24) is 9.55 Å². The quantitative estimate of drug-likeness (QED) is 0.887. The molecule has 0 radical (unpaired) electrons. The lowest BCUT2D eigenvalue weighted by Crippen LogP contribution is -2.09. The van der Waals surface area contributed by atoms with E-state index in [4.69, 9.17) is 11.6 Å². The highest BCUT2D eigenvalue weighted by atomic mass is 35.5. The van der Waals surface area contributed by atoms with Crippen LogP contribution in [-0.2, 0) is 6.18 Å². The Morgan fingerprint density at radius 3 is 2.62 bits per heavy atom. The van der Waals surface area contributed by atoms with Crippen LogP contribution in [0.25, 0.3) is 5.69 Å². The Morgan fingerprint density at radius 1 is 1.29 bits per heavy atom. The monoisotopic (exact) mass is 317 g/mol. The van der Waals surface area contributed by atoms with Crippen LogP contribution < -0.4 is 5.32 Å². The van der Waals surface area contributed by atoms with Gasteiger partial charge in [0.1, 0.15) is 0 Å². The van der Waals surface area contributed by atoms with Crippen LogP contribution in [-0.4, -0.2) is 16.1 Å². The minimum absolute atomic E-state index is 0.0348. The zero-order valence-electron chi connectivity index (χ0n) is 11.6. The maximum atomic E-state index is 12.9. The van der Waals surface area contributed by atoms with Gasteiger partial charge in [-0.25, -0.2) is 4.98 Å². The number of rotatable bonds is 4. The Hall–Kier alpha value is -1.69. The molecule has 114 valence electrons. The summed E-state index contributed by atoms with van der Waals surface area (Å²) < 4.78 is 40.2. The minimum Gasteiger partial charge on any atom is -0.355 e. The molecule has 0 aliphatic rings. The fourth-order valence-corrected chi connectivity index (χ4v) is 2.16. The standard InChI is InChI=1S/C14H15ClF3N3/c1-3-4-19-13-20-9(2)8-21(13)12-6-10(14(16,17)18)5-11(15)7-12/h5-8H,3-4H2,1-2H3,(H,19,20). The number of anilines is 1. The number of alkyl halides is 3. The molecule has 0 amide bonds. The molecular weight excluding hydrogens is 303 g/mol. The Labute approximate surface area is 125 Å². The summed E-state index contributed by atoms with van der Waals surface area (Å²) >= 11 is 5.82. The number of nitrogens with one attached hydrogen (secondary N) is 1. The van der Waals surface area contributed by atoms with Gasteiger partial charge in [-0.3, -0.25) is 4.57 Å². The summed E-state index contributed by atoms with van der Waals surface area (Å²) in [7, 11) is 0. The molecule has 3 nitrogen and oxygen atoms in total. The van der Waals surface area contributed by atoms with E-state index < -0.39 is 11.7 Å². The van der Waals surface area contributed by atoms with E-state index in [2.05, 4.69) is 10.3 Å². The molecule has 7 heteroatoms. The van der Waals surface area contributed by atoms with Gasteiger partial charge in [0.2, 0.25) is 5.95 Å². The first-order valence-electron chi connectivity index (χ1n) is 6.49. The topological polar surface area (TPSA) is 29.9 Å². The summed E-state index contributed by atoms with van der Waals surface area (Å²) in [6.07, 6.45) is -1.88. The molecule has 1 heterocycles. The first-order chi connectivity index (χ1) is 9.81. The van der Waals surface area contributed by atoms with E-state index >= 15 is 0 Å². The smallest absolute Gasteiger partial charge is 0.355 e. The number of imidazole rings is 1. The van der Waals surface area contributed by atoms with Gasteiger partial charge in [-0.1, -0.05) is 18.5 Å². The van der Waals surface area contributed by atoms with Crippen molar-refractivity contribution in [3.8, 4) is 5.69 Å². The maximum absolute atomic E-state index is 12.9. The Morgan fingerprint density at radius 2 is 2.00 bits per heavy atom. The van der Waals surface area contributed by atoms with Gasteiger partial charge in [0.15, 0.2) is 0 Å². The number of benzene rings is 1. The molecule has 0 aliphatic carbocycles. The van der Waals surface area contributed by atoms with E-state index in [1.54, 1.807) is 17.7 Å². The van der Waals surface area contributed by atoms with Gasteiger partial charge >= 0.3 is 6.18 Å². The van der Waals surface area contributed by atoms with E-state index in [-0.39, 0.29) is 5.02 Å². The van der Waals surface area contributed by atoms with Crippen LogP contribution >= 0.6 is 11.6 Å². The van der Waals surface area contributed by atoms with Gasteiger partial charge in [0, 0.05) is 17.8 Å². The zero-order chi connectivity index (χ0) is 15.6. The van der Waals surface area contributed by atoms with Crippen LogP contribution in [0.15, 0.2) is 24.4 Å². The van der Waals surface area contributed by atoms with Crippen molar-refractivity contribution in [3.05, 3.63) is 40.7 Å². The third-order valence-electron chi connectivity index (χ3n) is 2.85. The lowest BCUT2D eigenvalue weighted by Gasteiger charge is -2.13. The van der Waals surface area contributed by atoms with Gasteiger partial charge in [0.05, 0.1) is 16.9 Å². The Bertz CT molecular complexity index is 635. The lowest BCUT2D eigenvalue weighted by atomic mass is 10.2. The normalized spacial score (nSPS) is 11.7. The van der Waals surface area contributed by atoms with Crippen LogP contribution in [0.2, 0.25) is 5.02 Å². The molecule has 2 rings (SSSR count). The lowest BCUT2D eigenvalue weighted by molar-refractivity contribution is -0.137. The van der Waals surface area contributed by atoms with E-state index in [0.717, 1.165) is 18.6 Å². The fourth-order valence-electron chi connectivity index (χ4n) is 1.93. The van der Waals surface area contributed by atoms with Crippen LogP contribution in [0.5, 0.6) is 0 Å². The minimum atomic E-state index is -4.44. The molecule has 0 saturated carbocycles. The molecule has 21 heavy (non-hydrogen) atoms. The van der Waals surface area contributed by atoms with Crippen LogP contribution in [0.3, 0.4) is 0 Å². The van der Waals surface area contributed by atoms with Gasteiger partial charge < -0.3 is 5.32 Å². The van der Waals surface area contributed by atoms with Crippen molar-refractivity contribution in [3.63, 3.8) is 0 Å². The number of hydrogen-bond donors (Lipinski definition) is 1. The maximum Gasteiger partial charge on any atom is 0.416 e. The van der Waals surface area contributed by atoms with Crippen molar-refractivity contribution in [2.24, 2.45) is 0 Å². The molecule has 0 aliphatic heterocycles. The highest BCUT2D eigenvalue weighted by Gasteiger charge is 2.31. The first-order valence-corrected chi connectivity index (χ1v) is 6.87. The third-order valence-corrected chi connectivity index (χ3v) is 3.07. The molecule has 0 spiro atoms. The Kier molecular flexibility index (Phi) is 4.46. The van der Waals surface area contributed by atoms with Crippen LogP contribution in [0.1, 0.15) is 24.6 Å². The molecule has 0 fully saturated rings. The van der Waals surface area contributed by atoms with E-state index in [9.17, 15) is 13.2 Å². The summed E-state index contributed by atoms with van der Waals surface area (Å²) in [5, 5.41) is 3.12. The van der Waals surface area contributed by atoms with Crippen molar-refractivity contribution < 1.29 is 13.2 Å². The number of aromatic nitrogens is 2. The highest BCUT2D eigenvalue weighted by molar-refractivity contribution is 6.30. The number of aryl methyl sites for hydroxylation is 1. The summed E-state index contributed by atoms with van der Waals surface area (Å²) in [5.41, 5.74) is 0.258. The molecular formula is C14H15ClF3N3. The van der Waals surface area contributed by atoms with Gasteiger partial charge in [-0.15, -0.1) is 0 Å². The fraction of sp³-hybridized carbons (Fsp3) is 0.357. The molecule has 1 aromatic heterocycles. The summed E-state index contributed by atoms with van der Waals surface area (Å²) in [5.74, 6) is 0.504. The molecule has 0 bridgehead atoms. The largest absolute Gasteiger partial charge is 0.416 e. The van der Waals surface area contributed by atoms with Crippen molar-refractivity contribution >= 4 is 17.5 Å². The molecule has 1 aromatic carbocycles. The van der Waals surface area contributed by atoms with Crippen molar-refractivity contribution in [2.75, 3.05) is 11.9 Å². The summed E-state index contributed by atoms with van der Waals surface area (Å²) in [6, 6.07) is 3.45. The second-order valence-corrected chi connectivity index (χ2v) is 5.13. The molecule has 0 unspecified atom stereocenters. The average Bonchev–Trinajstić information content (AvgIpc) is 2.76. The van der Waals surface area contributed by atoms with E-state index in [1.165, 1.54) is 6.07 Å². The van der Waals surface area contributed by atoms with Gasteiger partial charge in [0.25, 0.3) is 0 Å². The second kappa shape index (κ2) is 5.97. The predicted octanol–water partition coefficient (Wildman–Crippen LogP) is 4.67. The molecule has 1 N–H and O–H groups in total. The first kappa shape index (κ1) is 15.7. The van der Waals surface area contributed by atoms with Gasteiger partial charge in [-0.2, -0.15) is 13.2 Å². The molecule has 0 saturated heterocycles. The number of nitrogens with zero attached hydrogens (tertiary/aromatic N) is 2. The van der Waals surface area contributed by atoms with Gasteiger partial charge in [-0.05, 0) is 31.5 Å². The highest BCUT2D eigenvalue weighted by Crippen LogP contribution is 2.33.